The fraction of sp³-hybridized carbons (Fsp3) is 0. The Hall–Kier alpha value is -9.00. The van der Waals surface area contributed by atoms with Crippen LogP contribution in [0.4, 0.5) is 34.1 Å². The molecule has 0 fully saturated rings. The molecule has 24 nitrogen and oxygen atoms in total. The minimum Gasteiger partial charge on any atom is -0.258 e. The van der Waals surface area contributed by atoms with Gasteiger partial charge < -0.3 is 0 Å². The van der Waals surface area contributed by atoms with Crippen molar-refractivity contribution in [1.82, 2.24) is 0 Å². The smallest absolute Gasteiger partial charge is 0.258 e. The van der Waals surface area contributed by atoms with Gasteiger partial charge in [-0.05, 0) is 0 Å². The number of nitriles is 6. The van der Waals surface area contributed by atoms with Gasteiger partial charge in [0.15, 0.2) is 33.4 Å². The van der Waals surface area contributed by atoms with E-state index in [-0.39, 0.29) is 0 Å². The summed E-state index contributed by atoms with van der Waals surface area (Å²) >= 11 is 0. The summed E-state index contributed by atoms with van der Waals surface area (Å²) in [5.41, 5.74) is -19.8. The highest BCUT2D eigenvalue weighted by Gasteiger charge is 2.46. The Kier molecular flexibility index (Phi) is 7.27. The first-order valence-corrected chi connectivity index (χ1v) is 11.6. The van der Waals surface area contributed by atoms with Gasteiger partial charge in [-0.2, -0.15) is 31.6 Å². The van der Waals surface area contributed by atoms with Gasteiger partial charge in [0.25, 0.3) is 34.1 Å². The van der Waals surface area contributed by atoms with Crippen molar-refractivity contribution in [3.05, 3.63) is 94.1 Å². The third-order valence-electron chi connectivity index (χ3n) is 6.86. The Labute approximate surface area is 258 Å². The van der Waals surface area contributed by atoms with Crippen LogP contribution < -0.4 is 0 Å². The highest BCUT2D eigenvalue weighted by molar-refractivity contribution is 6.38. The summed E-state index contributed by atoms with van der Waals surface area (Å²) in [5, 5.41) is 124. The molecule has 24 heteroatoms. The maximum Gasteiger partial charge on any atom is 0.297 e. The van der Waals surface area contributed by atoms with Crippen LogP contribution in [0.2, 0.25) is 0 Å². The molecular weight excluding hydrogens is 648 g/mol. The van der Waals surface area contributed by atoms with Crippen molar-refractivity contribution in [2.75, 3.05) is 0 Å². The molecule has 0 aliphatic carbocycles. The zero-order chi connectivity index (χ0) is 36.1. The zero-order valence-electron chi connectivity index (χ0n) is 22.3. The molecule has 228 valence electrons. The average molecular weight is 648 g/mol. The third-order valence-corrected chi connectivity index (χ3v) is 6.86. The predicted octanol–water partition coefficient (Wildman–Crippen LogP) is 3.83. The molecule has 0 N–H and O–H groups in total. The van der Waals surface area contributed by atoms with Crippen molar-refractivity contribution in [3.63, 3.8) is 0 Å². The fourth-order valence-electron chi connectivity index (χ4n) is 5.38. The molecule has 0 atom stereocenters. The topological polar surface area (TPSA) is 402 Å². The van der Waals surface area contributed by atoms with Gasteiger partial charge in [0.05, 0.1) is 61.9 Å². The number of nitro benzene ring substituents is 6. The first kappa shape index (κ1) is 31.9. The number of rotatable bonds is 6. The van der Waals surface area contributed by atoms with Crippen molar-refractivity contribution in [3.8, 4) is 36.4 Å². The molecule has 0 saturated carbocycles. The van der Waals surface area contributed by atoms with E-state index in [1.807, 2.05) is 0 Å². The van der Waals surface area contributed by atoms with Crippen molar-refractivity contribution < 1.29 is 29.5 Å². The van der Waals surface area contributed by atoms with Crippen LogP contribution in [0.5, 0.6) is 0 Å². The highest BCUT2D eigenvalue weighted by Crippen LogP contribution is 2.57. The van der Waals surface area contributed by atoms with Gasteiger partial charge in [0, 0.05) is 0 Å². The number of hydrogen-bond donors (Lipinski definition) is 0. The standard InChI is InChI=1S/C24N12O12/c25-1-7-8(2-26)20(32(39)40)14-13(19(7)31(37)38)15-17(23(35(45)46)10(4-28)9(3-27)21(15)33(41)42)18-16(14)22(34(43)44)11(5-29)12(6-30)24(18)36(47)48. The van der Waals surface area contributed by atoms with Crippen LogP contribution in [-0.2, 0) is 0 Å². The van der Waals surface area contributed by atoms with E-state index in [4.69, 9.17) is 0 Å². The quantitative estimate of drug-likeness (QED) is 0.163. The van der Waals surface area contributed by atoms with Crippen LogP contribution in [0.3, 0.4) is 0 Å². The van der Waals surface area contributed by atoms with Gasteiger partial charge in [0.1, 0.15) is 36.4 Å². The lowest BCUT2D eigenvalue weighted by Crippen LogP contribution is -2.10. The van der Waals surface area contributed by atoms with E-state index >= 15 is 0 Å². The molecule has 4 aromatic rings. The molecule has 0 amide bonds. The van der Waals surface area contributed by atoms with Gasteiger partial charge >= 0.3 is 0 Å². The first-order valence-electron chi connectivity index (χ1n) is 11.6. The van der Waals surface area contributed by atoms with Crippen LogP contribution in [0.1, 0.15) is 33.4 Å². The van der Waals surface area contributed by atoms with Crippen LogP contribution in [0.15, 0.2) is 0 Å². The summed E-state index contributed by atoms with van der Waals surface area (Å²) in [6, 6.07) is 6.69. The zero-order valence-corrected chi connectivity index (χ0v) is 22.3. The summed E-state index contributed by atoms with van der Waals surface area (Å²) in [5.74, 6) is 0. The second kappa shape index (κ2) is 10.9. The highest BCUT2D eigenvalue weighted by atomic mass is 16.6. The van der Waals surface area contributed by atoms with Gasteiger partial charge in [-0.1, -0.05) is 0 Å². The Bertz CT molecular complexity index is 2160. The molecule has 0 aromatic heterocycles. The monoisotopic (exact) mass is 648 g/mol. The predicted molar refractivity (Wildman–Crippen MR) is 147 cm³/mol. The maximum atomic E-state index is 12.5. The van der Waals surface area contributed by atoms with Gasteiger partial charge in [-0.3, -0.25) is 60.7 Å². The van der Waals surface area contributed by atoms with Crippen LogP contribution in [0, 0.1) is 129 Å². The molecule has 4 aromatic carbocycles. The molecule has 4 rings (SSSR count). The Morgan fingerprint density at radius 2 is 0.396 bits per heavy atom. The largest absolute Gasteiger partial charge is 0.297 e. The molecule has 0 aliphatic heterocycles. The minimum atomic E-state index is -1.78. The molecule has 0 spiro atoms. The van der Waals surface area contributed by atoms with Crippen molar-refractivity contribution in [2.24, 2.45) is 0 Å². The number of benzene rings is 4. The number of nitro groups is 6. The molecule has 0 heterocycles. The lowest BCUT2D eigenvalue weighted by molar-refractivity contribution is -0.388. The SMILES string of the molecule is N#Cc1c(C#N)c([N+](=O)[O-])c2c(c1[N+](=O)[O-])c1c([N+](=O)[O-])c(C#N)c(C#N)c([N+](=O)[O-])c1c1c([N+](=O)[O-])c(C#N)c(C#N)c([N+](=O)[O-])c21. The Balaban J connectivity index is 3.06. The summed E-state index contributed by atoms with van der Waals surface area (Å²) in [7, 11) is 0. The molecule has 0 saturated heterocycles. The molecule has 0 bridgehead atoms. The van der Waals surface area contributed by atoms with E-state index in [0.717, 1.165) is 36.4 Å². The lowest BCUT2D eigenvalue weighted by Gasteiger charge is -2.15. The Morgan fingerprint density at radius 1 is 0.292 bits per heavy atom. The number of fused-ring (bicyclic) bond motifs is 6. The lowest BCUT2D eigenvalue weighted by atomic mass is 9.82. The Morgan fingerprint density at radius 3 is 0.458 bits per heavy atom. The molecule has 0 radical (unpaired) electrons. The maximum absolute atomic E-state index is 12.5. The normalized spacial score (nSPS) is 10.1. The summed E-state index contributed by atoms with van der Waals surface area (Å²) in [6.07, 6.45) is 0. The average Bonchev–Trinajstić information content (AvgIpc) is 3.03. The summed E-state index contributed by atoms with van der Waals surface area (Å²) < 4.78 is 0. The third kappa shape index (κ3) is 3.89. The van der Waals surface area contributed by atoms with Gasteiger partial charge in [-0.25, -0.2) is 0 Å². The van der Waals surface area contributed by atoms with Crippen molar-refractivity contribution >= 4 is 66.4 Å². The number of nitrogens with zero attached hydrogens (tertiary/aromatic N) is 12. The summed E-state index contributed by atoms with van der Waals surface area (Å²) in [4.78, 5) is 65.8. The summed E-state index contributed by atoms with van der Waals surface area (Å²) in [6.45, 7) is 0. The second-order valence-electron chi connectivity index (χ2n) is 8.81. The van der Waals surface area contributed by atoms with Gasteiger partial charge in [0.2, 0.25) is 0 Å². The second-order valence-corrected chi connectivity index (χ2v) is 8.81. The van der Waals surface area contributed by atoms with E-state index in [0.29, 0.717) is 0 Å². The molecule has 48 heavy (non-hydrogen) atoms. The molecular formula is C24N12O12. The van der Waals surface area contributed by atoms with E-state index in [2.05, 4.69) is 0 Å². The van der Waals surface area contributed by atoms with E-state index in [1.54, 1.807) is 0 Å². The van der Waals surface area contributed by atoms with Crippen LogP contribution in [-0.4, -0.2) is 29.5 Å². The fourth-order valence-corrected chi connectivity index (χ4v) is 5.38. The van der Waals surface area contributed by atoms with Crippen molar-refractivity contribution in [2.45, 2.75) is 0 Å². The van der Waals surface area contributed by atoms with E-state index in [1.165, 1.54) is 0 Å². The van der Waals surface area contributed by atoms with Crippen molar-refractivity contribution in [1.29, 1.82) is 31.6 Å². The van der Waals surface area contributed by atoms with E-state index in [9.17, 15) is 92.3 Å². The molecule has 0 aliphatic rings. The molecule has 0 unspecified atom stereocenters. The van der Waals surface area contributed by atoms with Crippen LogP contribution >= 0.6 is 0 Å². The number of hydrogen-bond acceptors (Lipinski definition) is 18. The minimum absolute atomic E-state index is 1.11. The van der Waals surface area contributed by atoms with E-state index < -0.39 is 129 Å². The van der Waals surface area contributed by atoms with Crippen LogP contribution in [0.25, 0.3) is 32.3 Å². The first-order chi connectivity index (χ1) is 22.6. The van der Waals surface area contributed by atoms with Gasteiger partial charge in [-0.15, -0.1) is 0 Å².